The van der Waals surface area contributed by atoms with Crippen molar-refractivity contribution in [2.45, 2.75) is 45.4 Å². The van der Waals surface area contributed by atoms with Crippen LogP contribution in [-0.2, 0) is 4.79 Å². The van der Waals surface area contributed by atoms with E-state index in [-0.39, 0.29) is 0 Å². The molecule has 1 saturated heterocycles. The van der Waals surface area contributed by atoms with E-state index in [1.54, 1.807) is 12.4 Å². The molecule has 1 fully saturated rings. The highest BCUT2D eigenvalue weighted by Gasteiger charge is 2.20. The first-order valence-corrected chi connectivity index (χ1v) is 11.0. The summed E-state index contributed by atoms with van der Waals surface area (Å²) in [4.78, 5) is 20.9. The van der Waals surface area contributed by atoms with Crippen LogP contribution < -0.4 is 4.90 Å². The van der Waals surface area contributed by atoms with Crippen molar-refractivity contribution in [3.05, 3.63) is 59.9 Å². The number of pyridine rings is 1. The van der Waals surface area contributed by atoms with Gasteiger partial charge in [-0.1, -0.05) is 56.9 Å². The van der Waals surface area contributed by atoms with Gasteiger partial charge >= 0.3 is 0 Å². The topological polar surface area (TPSA) is 36.4 Å². The average molecular weight is 392 g/mol. The Hall–Kier alpha value is -2.62. The molecule has 0 spiro atoms. The van der Waals surface area contributed by atoms with Crippen LogP contribution in [0.1, 0.15) is 56.6 Å². The Kier molecular flexibility index (Phi) is 8.29. The second kappa shape index (κ2) is 11.4. The third-order valence-corrected chi connectivity index (χ3v) is 5.56. The Balaban J connectivity index is 1.43. The quantitative estimate of drug-likeness (QED) is 0.547. The first-order chi connectivity index (χ1) is 14.3. The van der Waals surface area contributed by atoms with E-state index in [0.717, 1.165) is 38.2 Å². The smallest absolute Gasteiger partial charge is 0.222 e. The van der Waals surface area contributed by atoms with Gasteiger partial charge in [0.2, 0.25) is 5.91 Å². The zero-order valence-electron chi connectivity index (χ0n) is 17.6. The van der Waals surface area contributed by atoms with Gasteiger partial charge in [0.25, 0.3) is 0 Å². The van der Waals surface area contributed by atoms with E-state index in [0.29, 0.717) is 12.3 Å². The second-order valence-electron chi connectivity index (χ2n) is 7.74. The lowest BCUT2D eigenvalue weighted by molar-refractivity contribution is -0.131. The van der Waals surface area contributed by atoms with Gasteiger partial charge in [0.15, 0.2) is 0 Å². The van der Waals surface area contributed by atoms with E-state index in [1.807, 2.05) is 17.0 Å². The van der Waals surface area contributed by atoms with E-state index in [1.165, 1.54) is 36.9 Å². The summed E-state index contributed by atoms with van der Waals surface area (Å²) in [6.07, 6.45) is 14.5. The fraction of sp³-hybridized carbons (Fsp3) is 0.440. The maximum absolute atomic E-state index is 12.4. The minimum absolute atomic E-state index is 0.331. The summed E-state index contributed by atoms with van der Waals surface area (Å²) in [5.74, 6) is 0.331. The third-order valence-electron chi connectivity index (χ3n) is 5.56. The maximum Gasteiger partial charge on any atom is 0.222 e. The zero-order valence-corrected chi connectivity index (χ0v) is 17.6. The van der Waals surface area contributed by atoms with Crippen molar-refractivity contribution in [3.63, 3.8) is 0 Å². The number of carbonyl (C=O) groups is 1. The number of benzene rings is 1. The molecule has 29 heavy (non-hydrogen) atoms. The first-order valence-electron chi connectivity index (χ1n) is 11.0. The normalized spacial score (nSPS) is 14.5. The Bertz CT molecular complexity index is 762. The number of amides is 1. The Morgan fingerprint density at radius 1 is 0.862 bits per heavy atom. The van der Waals surface area contributed by atoms with Gasteiger partial charge in [0.05, 0.1) is 0 Å². The molecule has 2 aromatic rings. The van der Waals surface area contributed by atoms with Crippen molar-refractivity contribution >= 4 is 23.7 Å². The Morgan fingerprint density at radius 2 is 1.48 bits per heavy atom. The first kappa shape index (κ1) is 21.1. The predicted octanol–water partition coefficient (Wildman–Crippen LogP) is 5.26. The van der Waals surface area contributed by atoms with E-state index in [4.69, 9.17) is 0 Å². The number of hydrogen-bond acceptors (Lipinski definition) is 3. The summed E-state index contributed by atoms with van der Waals surface area (Å²) in [5, 5.41) is 0. The average Bonchev–Trinajstić information content (AvgIpc) is 2.78. The molecule has 2 heterocycles. The highest BCUT2D eigenvalue weighted by Crippen LogP contribution is 2.19. The molecule has 4 heteroatoms. The van der Waals surface area contributed by atoms with Crippen LogP contribution >= 0.6 is 0 Å². The third kappa shape index (κ3) is 6.74. The molecule has 3 rings (SSSR count). The van der Waals surface area contributed by atoms with Crippen LogP contribution in [0.3, 0.4) is 0 Å². The minimum atomic E-state index is 0.331. The number of carbonyl (C=O) groups excluding carboxylic acids is 1. The summed E-state index contributed by atoms with van der Waals surface area (Å²) in [6.45, 7) is 5.70. The largest absolute Gasteiger partial charge is 0.368 e. The summed E-state index contributed by atoms with van der Waals surface area (Å²) < 4.78 is 0. The molecule has 1 amide bonds. The van der Waals surface area contributed by atoms with Gasteiger partial charge in [-0.25, -0.2) is 0 Å². The molecule has 1 aromatic heterocycles. The van der Waals surface area contributed by atoms with Gasteiger partial charge in [-0.05, 0) is 41.8 Å². The van der Waals surface area contributed by atoms with Gasteiger partial charge in [0, 0.05) is 50.7 Å². The number of rotatable bonds is 9. The lowest BCUT2D eigenvalue weighted by atomic mass is 10.1. The molecule has 0 bridgehead atoms. The van der Waals surface area contributed by atoms with Crippen LogP contribution in [0.25, 0.3) is 12.2 Å². The molecule has 1 aliphatic rings. The van der Waals surface area contributed by atoms with Crippen molar-refractivity contribution < 1.29 is 4.79 Å². The van der Waals surface area contributed by atoms with Crippen molar-refractivity contribution in [3.8, 4) is 0 Å². The molecular weight excluding hydrogens is 358 g/mol. The molecule has 0 unspecified atom stereocenters. The van der Waals surface area contributed by atoms with Crippen LogP contribution in [0.2, 0.25) is 0 Å². The minimum Gasteiger partial charge on any atom is -0.368 e. The molecule has 0 atom stereocenters. The summed E-state index contributed by atoms with van der Waals surface area (Å²) in [6, 6.07) is 12.7. The van der Waals surface area contributed by atoms with Crippen LogP contribution in [-0.4, -0.2) is 42.0 Å². The highest BCUT2D eigenvalue weighted by molar-refractivity contribution is 5.76. The van der Waals surface area contributed by atoms with Gasteiger partial charge in [-0.3, -0.25) is 9.78 Å². The van der Waals surface area contributed by atoms with Gasteiger partial charge in [0.1, 0.15) is 0 Å². The predicted molar refractivity (Wildman–Crippen MR) is 122 cm³/mol. The Labute approximate surface area is 175 Å². The zero-order chi connectivity index (χ0) is 20.3. The lowest BCUT2D eigenvalue weighted by Gasteiger charge is -2.36. The van der Waals surface area contributed by atoms with Crippen molar-refractivity contribution in [2.75, 3.05) is 31.1 Å². The lowest BCUT2D eigenvalue weighted by Crippen LogP contribution is -2.48. The van der Waals surface area contributed by atoms with Crippen molar-refractivity contribution in [2.24, 2.45) is 0 Å². The standard InChI is InChI=1S/C25H33N3O/c1-2-3-4-5-6-7-25(29)28-20-18-27(19-21-28)24-12-10-22(11-13-24)8-9-23-14-16-26-17-15-23/h8-17H,2-7,18-21H2,1H3/b9-8+. The maximum atomic E-state index is 12.4. The van der Waals surface area contributed by atoms with E-state index in [9.17, 15) is 4.79 Å². The van der Waals surface area contributed by atoms with Crippen LogP contribution in [0.5, 0.6) is 0 Å². The number of nitrogens with zero attached hydrogens (tertiary/aromatic N) is 3. The number of piperazine rings is 1. The molecule has 1 aliphatic heterocycles. The van der Waals surface area contributed by atoms with Gasteiger partial charge in [-0.15, -0.1) is 0 Å². The van der Waals surface area contributed by atoms with Crippen LogP contribution in [0, 0.1) is 0 Å². The van der Waals surface area contributed by atoms with E-state index < -0.39 is 0 Å². The Morgan fingerprint density at radius 3 is 2.14 bits per heavy atom. The summed E-state index contributed by atoms with van der Waals surface area (Å²) >= 11 is 0. The van der Waals surface area contributed by atoms with E-state index in [2.05, 4.69) is 53.2 Å². The summed E-state index contributed by atoms with van der Waals surface area (Å²) in [7, 11) is 0. The van der Waals surface area contributed by atoms with Crippen molar-refractivity contribution in [1.82, 2.24) is 9.88 Å². The number of unbranched alkanes of at least 4 members (excludes halogenated alkanes) is 4. The van der Waals surface area contributed by atoms with Crippen LogP contribution in [0.15, 0.2) is 48.8 Å². The molecular formula is C25H33N3O. The van der Waals surface area contributed by atoms with Gasteiger partial charge in [-0.2, -0.15) is 0 Å². The molecule has 0 saturated carbocycles. The monoisotopic (exact) mass is 391 g/mol. The van der Waals surface area contributed by atoms with E-state index >= 15 is 0 Å². The second-order valence-corrected chi connectivity index (χ2v) is 7.74. The fourth-order valence-electron chi connectivity index (χ4n) is 3.72. The SMILES string of the molecule is CCCCCCCC(=O)N1CCN(c2ccc(/C=C/c3ccncc3)cc2)CC1. The van der Waals surface area contributed by atoms with Crippen molar-refractivity contribution in [1.29, 1.82) is 0 Å². The number of aromatic nitrogens is 1. The molecule has 0 N–H and O–H groups in total. The number of hydrogen-bond donors (Lipinski definition) is 0. The molecule has 0 radical (unpaired) electrons. The highest BCUT2D eigenvalue weighted by atomic mass is 16.2. The fourth-order valence-corrected chi connectivity index (χ4v) is 3.72. The van der Waals surface area contributed by atoms with Gasteiger partial charge < -0.3 is 9.80 Å². The molecule has 154 valence electrons. The molecule has 0 aliphatic carbocycles. The summed E-state index contributed by atoms with van der Waals surface area (Å²) in [5.41, 5.74) is 3.57. The molecule has 1 aromatic carbocycles. The number of anilines is 1. The molecule has 4 nitrogen and oxygen atoms in total. The van der Waals surface area contributed by atoms with Crippen LogP contribution in [0.4, 0.5) is 5.69 Å².